The molecule has 6 nitrogen and oxygen atoms in total. The SMILES string of the molecule is CS(=O)(=O)N(CC(=O)NCc1ccccc1CN1CCCC1)c1ccc(Br)cc1. The number of sulfonamides is 1. The molecule has 29 heavy (non-hydrogen) atoms. The zero-order valence-electron chi connectivity index (χ0n) is 16.5. The summed E-state index contributed by atoms with van der Waals surface area (Å²) in [6.07, 6.45) is 3.57. The second-order valence-corrected chi connectivity index (χ2v) is 10.1. The molecule has 1 fully saturated rings. The Morgan fingerprint density at radius 2 is 1.69 bits per heavy atom. The van der Waals surface area contributed by atoms with E-state index >= 15 is 0 Å². The van der Waals surface area contributed by atoms with E-state index in [1.807, 2.05) is 18.2 Å². The van der Waals surface area contributed by atoms with Crippen LogP contribution in [0, 0.1) is 0 Å². The van der Waals surface area contributed by atoms with Crippen LogP contribution in [0.15, 0.2) is 53.0 Å². The number of hydrogen-bond acceptors (Lipinski definition) is 4. The lowest BCUT2D eigenvalue weighted by Crippen LogP contribution is -2.40. The smallest absolute Gasteiger partial charge is 0.241 e. The van der Waals surface area contributed by atoms with Crippen LogP contribution in [-0.2, 0) is 27.9 Å². The second kappa shape index (κ2) is 9.73. The van der Waals surface area contributed by atoms with Crippen LogP contribution in [0.2, 0.25) is 0 Å². The Morgan fingerprint density at radius 1 is 1.07 bits per heavy atom. The predicted octanol–water partition coefficient (Wildman–Crippen LogP) is 3.13. The van der Waals surface area contributed by atoms with E-state index in [1.54, 1.807) is 24.3 Å². The molecule has 1 N–H and O–H groups in total. The Kier molecular flexibility index (Phi) is 7.32. The summed E-state index contributed by atoms with van der Waals surface area (Å²) in [5.41, 5.74) is 2.71. The van der Waals surface area contributed by atoms with Crippen LogP contribution in [0.4, 0.5) is 5.69 Å². The maximum Gasteiger partial charge on any atom is 0.241 e. The number of nitrogens with one attached hydrogen (secondary N) is 1. The number of hydrogen-bond donors (Lipinski definition) is 1. The molecule has 1 saturated heterocycles. The zero-order valence-corrected chi connectivity index (χ0v) is 18.9. The molecule has 0 radical (unpaired) electrons. The van der Waals surface area contributed by atoms with Crippen LogP contribution < -0.4 is 9.62 Å². The van der Waals surface area contributed by atoms with Crippen molar-refractivity contribution >= 4 is 37.5 Å². The summed E-state index contributed by atoms with van der Waals surface area (Å²) in [5, 5.41) is 2.88. The maximum atomic E-state index is 12.5. The summed E-state index contributed by atoms with van der Waals surface area (Å²) < 4.78 is 26.4. The Balaban J connectivity index is 1.64. The fourth-order valence-electron chi connectivity index (χ4n) is 3.45. The number of halogens is 1. The minimum Gasteiger partial charge on any atom is -0.350 e. The van der Waals surface area contributed by atoms with Crippen molar-refractivity contribution in [3.8, 4) is 0 Å². The fourth-order valence-corrected chi connectivity index (χ4v) is 4.57. The topological polar surface area (TPSA) is 69.7 Å². The van der Waals surface area contributed by atoms with Crippen molar-refractivity contribution in [2.75, 3.05) is 30.2 Å². The van der Waals surface area contributed by atoms with Crippen molar-refractivity contribution in [1.82, 2.24) is 10.2 Å². The van der Waals surface area contributed by atoms with E-state index in [1.165, 1.54) is 18.4 Å². The molecule has 1 aliphatic rings. The quantitative estimate of drug-likeness (QED) is 0.631. The highest BCUT2D eigenvalue weighted by Crippen LogP contribution is 2.21. The third-order valence-electron chi connectivity index (χ3n) is 4.99. The molecule has 0 aliphatic carbocycles. The van der Waals surface area contributed by atoms with E-state index in [9.17, 15) is 13.2 Å². The molecule has 0 bridgehead atoms. The highest BCUT2D eigenvalue weighted by molar-refractivity contribution is 9.10. The summed E-state index contributed by atoms with van der Waals surface area (Å²) in [6.45, 7) is 3.21. The van der Waals surface area contributed by atoms with Gasteiger partial charge in [0, 0.05) is 17.6 Å². The molecule has 3 rings (SSSR count). The normalized spacial score (nSPS) is 14.7. The molecule has 156 valence electrons. The lowest BCUT2D eigenvalue weighted by Gasteiger charge is -2.22. The van der Waals surface area contributed by atoms with E-state index in [2.05, 4.69) is 32.2 Å². The third-order valence-corrected chi connectivity index (χ3v) is 6.66. The van der Waals surface area contributed by atoms with Gasteiger partial charge in [0.2, 0.25) is 15.9 Å². The highest BCUT2D eigenvalue weighted by Gasteiger charge is 2.21. The number of benzene rings is 2. The van der Waals surface area contributed by atoms with Gasteiger partial charge in [-0.25, -0.2) is 8.42 Å². The minimum atomic E-state index is -3.58. The van der Waals surface area contributed by atoms with Gasteiger partial charge in [0.25, 0.3) is 0 Å². The number of carbonyl (C=O) groups excluding carboxylic acids is 1. The molecule has 1 amide bonds. The molecule has 0 aromatic heterocycles. The largest absolute Gasteiger partial charge is 0.350 e. The molecular formula is C21H26BrN3O3S. The van der Waals surface area contributed by atoms with Gasteiger partial charge in [0.1, 0.15) is 6.54 Å². The number of rotatable bonds is 8. The first-order valence-electron chi connectivity index (χ1n) is 9.62. The van der Waals surface area contributed by atoms with Crippen molar-refractivity contribution in [3.63, 3.8) is 0 Å². The van der Waals surface area contributed by atoms with Crippen molar-refractivity contribution in [1.29, 1.82) is 0 Å². The van der Waals surface area contributed by atoms with Crippen LogP contribution in [0.1, 0.15) is 24.0 Å². The van der Waals surface area contributed by atoms with Gasteiger partial charge in [-0.2, -0.15) is 0 Å². The van der Waals surface area contributed by atoms with E-state index in [4.69, 9.17) is 0 Å². The molecule has 0 saturated carbocycles. The number of carbonyl (C=O) groups is 1. The Labute approximate surface area is 181 Å². The highest BCUT2D eigenvalue weighted by atomic mass is 79.9. The van der Waals surface area contributed by atoms with Crippen molar-refractivity contribution in [2.45, 2.75) is 25.9 Å². The van der Waals surface area contributed by atoms with Gasteiger partial charge in [0.05, 0.1) is 11.9 Å². The molecule has 1 heterocycles. The summed E-state index contributed by atoms with van der Waals surface area (Å²) in [5.74, 6) is -0.339. The van der Waals surface area contributed by atoms with E-state index < -0.39 is 10.0 Å². The maximum absolute atomic E-state index is 12.5. The number of amides is 1. The Bertz CT molecular complexity index is 942. The van der Waals surface area contributed by atoms with Crippen LogP contribution >= 0.6 is 15.9 Å². The Hall–Kier alpha value is -1.90. The van der Waals surface area contributed by atoms with Gasteiger partial charge in [0.15, 0.2) is 0 Å². The van der Waals surface area contributed by atoms with Crippen molar-refractivity contribution < 1.29 is 13.2 Å². The van der Waals surface area contributed by atoms with Crippen LogP contribution in [-0.4, -0.2) is 45.1 Å². The molecule has 8 heteroatoms. The van der Waals surface area contributed by atoms with Gasteiger partial charge in [-0.05, 0) is 61.3 Å². The first-order chi connectivity index (χ1) is 13.8. The second-order valence-electron chi connectivity index (χ2n) is 7.27. The van der Waals surface area contributed by atoms with Gasteiger partial charge in [-0.15, -0.1) is 0 Å². The number of likely N-dealkylation sites (tertiary alicyclic amines) is 1. The predicted molar refractivity (Wildman–Crippen MR) is 119 cm³/mol. The van der Waals surface area contributed by atoms with Gasteiger partial charge in [-0.1, -0.05) is 40.2 Å². The van der Waals surface area contributed by atoms with E-state index in [0.29, 0.717) is 12.2 Å². The van der Waals surface area contributed by atoms with Gasteiger partial charge < -0.3 is 5.32 Å². The molecule has 0 spiro atoms. The van der Waals surface area contributed by atoms with Gasteiger partial charge in [-0.3, -0.25) is 14.0 Å². The van der Waals surface area contributed by atoms with Crippen molar-refractivity contribution in [2.24, 2.45) is 0 Å². The average Bonchev–Trinajstić information content (AvgIpc) is 3.18. The van der Waals surface area contributed by atoms with Crippen LogP contribution in [0.3, 0.4) is 0 Å². The average molecular weight is 480 g/mol. The lowest BCUT2D eigenvalue weighted by molar-refractivity contribution is -0.119. The first kappa shape index (κ1) is 21.8. The minimum absolute atomic E-state index is 0.255. The summed E-state index contributed by atoms with van der Waals surface area (Å²) in [7, 11) is -3.58. The Morgan fingerprint density at radius 3 is 2.31 bits per heavy atom. The molecule has 1 aliphatic heterocycles. The number of nitrogens with zero attached hydrogens (tertiary/aromatic N) is 2. The van der Waals surface area contributed by atoms with Crippen molar-refractivity contribution in [3.05, 3.63) is 64.1 Å². The molecule has 2 aromatic carbocycles. The fraction of sp³-hybridized carbons (Fsp3) is 0.381. The first-order valence-corrected chi connectivity index (χ1v) is 12.3. The standard InChI is InChI=1S/C21H26BrN3O3S/c1-29(27,28)25(20-10-8-19(22)9-11-20)16-21(26)23-14-17-6-2-3-7-18(17)15-24-12-4-5-13-24/h2-3,6-11H,4-5,12-16H2,1H3,(H,23,26). The van der Waals surface area contributed by atoms with Gasteiger partial charge >= 0.3 is 0 Å². The molecule has 2 aromatic rings. The summed E-state index contributed by atoms with van der Waals surface area (Å²) >= 11 is 3.33. The van der Waals surface area contributed by atoms with Crippen LogP contribution in [0.25, 0.3) is 0 Å². The monoisotopic (exact) mass is 479 g/mol. The van der Waals surface area contributed by atoms with E-state index in [0.717, 1.165) is 40.2 Å². The molecule has 0 atom stereocenters. The van der Waals surface area contributed by atoms with E-state index in [-0.39, 0.29) is 12.5 Å². The molecule has 0 unspecified atom stereocenters. The molecular weight excluding hydrogens is 454 g/mol. The third kappa shape index (κ3) is 6.29. The summed E-state index contributed by atoms with van der Waals surface area (Å²) in [6, 6.07) is 14.9. The number of anilines is 1. The zero-order chi connectivity index (χ0) is 20.9. The van der Waals surface area contributed by atoms with Crippen LogP contribution in [0.5, 0.6) is 0 Å². The lowest BCUT2D eigenvalue weighted by atomic mass is 10.1. The summed E-state index contributed by atoms with van der Waals surface area (Å²) in [4.78, 5) is 14.9.